The van der Waals surface area contributed by atoms with Gasteiger partial charge in [-0.05, 0) is 48.1 Å². The van der Waals surface area contributed by atoms with Gasteiger partial charge >= 0.3 is 0 Å². The quantitative estimate of drug-likeness (QED) is 0.700. The molecule has 6 heteroatoms. The first-order valence-corrected chi connectivity index (χ1v) is 10.1. The molecule has 0 spiro atoms. The summed E-state index contributed by atoms with van der Waals surface area (Å²) in [4.78, 5) is 26.3. The van der Waals surface area contributed by atoms with Crippen LogP contribution in [0.1, 0.15) is 43.1 Å². The number of amides is 1. The van der Waals surface area contributed by atoms with Crippen LogP contribution in [0.3, 0.4) is 0 Å². The van der Waals surface area contributed by atoms with E-state index in [0.29, 0.717) is 12.2 Å². The predicted octanol–water partition coefficient (Wildman–Crippen LogP) is 3.92. The number of hydrogen-bond donors (Lipinski definition) is 1. The zero-order valence-corrected chi connectivity index (χ0v) is 17.6. The number of pyridine rings is 1. The summed E-state index contributed by atoms with van der Waals surface area (Å²) in [5.41, 5.74) is 3.90. The number of carbonyl (C=O) groups is 1. The lowest BCUT2D eigenvalue weighted by molar-refractivity contribution is -0.121. The fourth-order valence-electron chi connectivity index (χ4n) is 4.03. The Kier molecular flexibility index (Phi) is 5.48. The van der Waals surface area contributed by atoms with Gasteiger partial charge in [-0.25, -0.2) is 9.97 Å². The summed E-state index contributed by atoms with van der Waals surface area (Å²) in [6, 6.07) is 11.3. The summed E-state index contributed by atoms with van der Waals surface area (Å²) in [6.45, 7) is 4.43. The molecule has 0 saturated carbocycles. The number of nitrogens with zero attached hydrogens (tertiary/aromatic N) is 3. The van der Waals surface area contributed by atoms with E-state index in [-0.39, 0.29) is 17.4 Å². The maximum atomic E-state index is 12.8. The van der Waals surface area contributed by atoms with Crippen molar-refractivity contribution in [2.24, 2.45) is 5.41 Å². The molecule has 1 aliphatic rings. The first kappa shape index (κ1) is 20.0. The molecule has 6 nitrogen and oxygen atoms in total. The number of ether oxygens (including phenoxy) is 1. The standard InChI is InChI=1S/C24H26N4O2/c1-24(2)13-20(27-22(29)12-16-5-4-6-18(11-16)30-3)19-15-26-23(28-21(19)14-24)17-7-9-25-10-8-17/h4-11,15,20H,12-14H2,1-3H3,(H,27,29)/t20-/m0/s1. The van der Waals surface area contributed by atoms with Crippen molar-refractivity contribution in [1.29, 1.82) is 0 Å². The Hall–Kier alpha value is -3.28. The highest BCUT2D eigenvalue weighted by Gasteiger charge is 2.34. The smallest absolute Gasteiger partial charge is 0.224 e. The van der Waals surface area contributed by atoms with Gasteiger partial charge in [0.25, 0.3) is 0 Å². The van der Waals surface area contributed by atoms with Gasteiger partial charge in [0.05, 0.1) is 25.3 Å². The minimum atomic E-state index is -0.103. The monoisotopic (exact) mass is 402 g/mol. The molecular formula is C24H26N4O2. The topological polar surface area (TPSA) is 77.0 Å². The highest BCUT2D eigenvalue weighted by molar-refractivity contribution is 5.79. The van der Waals surface area contributed by atoms with E-state index in [9.17, 15) is 4.79 Å². The van der Waals surface area contributed by atoms with Gasteiger partial charge in [-0.3, -0.25) is 9.78 Å². The Morgan fingerprint density at radius 2 is 2.03 bits per heavy atom. The lowest BCUT2D eigenvalue weighted by Gasteiger charge is -2.36. The Labute approximate surface area is 176 Å². The van der Waals surface area contributed by atoms with E-state index in [2.05, 4.69) is 29.1 Å². The van der Waals surface area contributed by atoms with Crippen LogP contribution in [0.4, 0.5) is 0 Å². The summed E-state index contributed by atoms with van der Waals surface area (Å²) in [5, 5.41) is 3.21. The van der Waals surface area contributed by atoms with E-state index >= 15 is 0 Å². The molecule has 1 amide bonds. The molecule has 4 rings (SSSR count). The Balaban J connectivity index is 1.56. The van der Waals surface area contributed by atoms with Gasteiger partial charge in [0.2, 0.25) is 5.91 Å². The fourth-order valence-corrected chi connectivity index (χ4v) is 4.03. The zero-order chi connectivity index (χ0) is 21.1. The van der Waals surface area contributed by atoms with Crippen LogP contribution < -0.4 is 10.1 Å². The van der Waals surface area contributed by atoms with Crippen molar-refractivity contribution in [3.05, 3.63) is 71.8 Å². The Bertz CT molecular complexity index is 1050. The van der Waals surface area contributed by atoms with Crippen LogP contribution in [0.5, 0.6) is 5.75 Å². The van der Waals surface area contributed by atoms with Gasteiger partial charge in [-0.2, -0.15) is 0 Å². The molecule has 0 aliphatic heterocycles. The van der Waals surface area contributed by atoms with E-state index in [1.165, 1.54) is 0 Å². The first-order chi connectivity index (χ1) is 14.4. The molecule has 1 N–H and O–H groups in total. The molecule has 0 bridgehead atoms. The van der Waals surface area contributed by atoms with Gasteiger partial charge in [-0.1, -0.05) is 26.0 Å². The van der Waals surface area contributed by atoms with Gasteiger partial charge in [0.1, 0.15) is 5.75 Å². The molecule has 1 atom stereocenters. The highest BCUT2D eigenvalue weighted by Crippen LogP contribution is 2.40. The molecule has 1 aromatic carbocycles. The average Bonchev–Trinajstić information content (AvgIpc) is 2.73. The molecule has 0 saturated heterocycles. The molecule has 0 radical (unpaired) electrons. The molecule has 154 valence electrons. The van der Waals surface area contributed by atoms with Crippen LogP contribution in [0.2, 0.25) is 0 Å². The van der Waals surface area contributed by atoms with E-state index in [1.54, 1.807) is 19.5 Å². The summed E-state index contributed by atoms with van der Waals surface area (Å²) in [7, 11) is 1.63. The van der Waals surface area contributed by atoms with Gasteiger partial charge < -0.3 is 10.1 Å². The molecule has 1 aliphatic carbocycles. The second-order valence-corrected chi connectivity index (χ2v) is 8.53. The Morgan fingerprint density at radius 1 is 1.23 bits per heavy atom. The first-order valence-electron chi connectivity index (χ1n) is 10.1. The van der Waals surface area contributed by atoms with E-state index in [1.807, 2.05) is 42.6 Å². The number of benzene rings is 1. The van der Waals surface area contributed by atoms with Crippen molar-refractivity contribution < 1.29 is 9.53 Å². The van der Waals surface area contributed by atoms with Gasteiger partial charge in [0.15, 0.2) is 5.82 Å². The average molecular weight is 402 g/mol. The van der Waals surface area contributed by atoms with Crippen molar-refractivity contribution in [3.8, 4) is 17.1 Å². The normalized spacial score (nSPS) is 17.1. The van der Waals surface area contributed by atoms with Gasteiger partial charge in [-0.15, -0.1) is 0 Å². The Morgan fingerprint density at radius 3 is 2.80 bits per heavy atom. The maximum absolute atomic E-state index is 12.8. The van der Waals surface area contributed by atoms with Gasteiger partial charge in [0, 0.05) is 29.7 Å². The zero-order valence-electron chi connectivity index (χ0n) is 17.6. The minimum absolute atomic E-state index is 0.0184. The van der Waals surface area contributed by atoms with Crippen LogP contribution in [0, 0.1) is 5.41 Å². The lowest BCUT2D eigenvalue weighted by Crippen LogP contribution is -2.37. The molecule has 3 aromatic rings. The predicted molar refractivity (Wildman–Crippen MR) is 115 cm³/mol. The number of nitrogens with one attached hydrogen (secondary N) is 1. The summed E-state index contributed by atoms with van der Waals surface area (Å²) in [6.07, 6.45) is 7.35. The third-order valence-electron chi connectivity index (χ3n) is 5.45. The van der Waals surface area contributed by atoms with Crippen LogP contribution in [-0.2, 0) is 17.6 Å². The van der Waals surface area contributed by atoms with Crippen molar-refractivity contribution in [1.82, 2.24) is 20.3 Å². The fraction of sp³-hybridized carbons (Fsp3) is 0.333. The molecule has 2 aromatic heterocycles. The van der Waals surface area contributed by atoms with E-state index in [4.69, 9.17) is 9.72 Å². The third kappa shape index (κ3) is 4.48. The SMILES string of the molecule is COc1cccc(CC(=O)N[C@H]2CC(C)(C)Cc3nc(-c4ccncc4)ncc32)c1. The second kappa shape index (κ2) is 8.22. The molecule has 30 heavy (non-hydrogen) atoms. The van der Waals surface area contributed by atoms with Crippen molar-refractivity contribution in [3.63, 3.8) is 0 Å². The number of fused-ring (bicyclic) bond motifs is 1. The van der Waals surface area contributed by atoms with E-state index < -0.39 is 0 Å². The van der Waals surface area contributed by atoms with Crippen molar-refractivity contribution in [2.75, 3.05) is 7.11 Å². The maximum Gasteiger partial charge on any atom is 0.224 e. The van der Waals surface area contributed by atoms with Crippen LogP contribution in [-0.4, -0.2) is 28.0 Å². The largest absolute Gasteiger partial charge is 0.497 e. The summed E-state index contributed by atoms with van der Waals surface area (Å²) >= 11 is 0. The van der Waals surface area contributed by atoms with E-state index in [0.717, 1.165) is 41.0 Å². The number of hydrogen-bond acceptors (Lipinski definition) is 5. The van der Waals surface area contributed by atoms with Crippen molar-refractivity contribution >= 4 is 5.91 Å². The highest BCUT2D eigenvalue weighted by atomic mass is 16.5. The second-order valence-electron chi connectivity index (χ2n) is 8.53. The van der Waals surface area contributed by atoms with Crippen LogP contribution in [0.15, 0.2) is 55.0 Å². The molecule has 0 unspecified atom stereocenters. The molecular weight excluding hydrogens is 376 g/mol. The summed E-state index contributed by atoms with van der Waals surface area (Å²) in [5.74, 6) is 1.42. The lowest BCUT2D eigenvalue weighted by atomic mass is 9.74. The summed E-state index contributed by atoms with van der Waals surface area (Å²) < 4.78 is 5.26. The number of methoxy groups -OCH3 is 1. The molecule has 0 fully saturated rings. The number of rotatable bonds is 5. The number of aromatic nitrogens is 3. The van der Waals surface area contributed by atoms with Crippen LogP contribution >= 0.6 is 0 Å². The molecule has 2 heterocycles. The van der Waals surface area contributed by atoms with Crippen LogP contribution in [0.25, 0.3) is 11.4 Å². The third-order valence-corrected chi connectivity index (χ3v) is 5.45. The minimum Gasteiger partial charge on any atom is -0.497 e. The van der Waals surface area contributed by atoms with Crippen molar-refractivity contribution in [2.45, 2.75) is 39.2 Å². The number of carbonyl (C=O) groups excluding carboxylic acids is 1.